The zero-order valence-corrected chi connectivity index (χ0v) is 12.4. The van der Waals surface area contributed by atoms with Crippen LogP contribution >= 0.6 is 0 Å². The fraction of sp³-hybridized carbons (Fsp3) is 0.533. The SMILES string of the molecule is CNC(C)(CCOc1ccc(C)c(C)c1)C(=O)OC. The highest BCUT2D eigenvalue weighted by molar-refractivity contribution is 5.80. The van der Waals surface area contributed by atoms with Crippen molar-refractivity contribution in [2.45, 2.75) is 32.7 Å². The van der Waals surface area contributed by atoms with Crippen molar-refractivity contribution in [1.82, 2.24) is 5.32 Å². The molecule has 0 aliphatic rings. The summed E-state index contributed by atoms with van der Waals surface area (Å²) >= 11 is 0. The van der Waals surface area contributed by atoms with Gasteiger partial charge in [0.05, 0.1) is 13.7 Å². The minimum Gasteiger partial charge on any atom is -0.493 e. The van der Waals surface area contributed by atoms with Gasteiger partial charge in [0, 0.05) is 6.42 Å². The summed E-state index contributed by atoms with van der Waals surface area (Å²) in [6.45, 7) is 6.38. The summed E-state index contributed by atoms with van der Waals surface area (Å²) in [6, 6.07) is 5.98. The number of carbonyl (C=O) groups excluding carboxylic acids is 1. The number of benzene rings is 1. The molecular weight excluding hydrogens is 242 g/mol. The summed E-state index contributed by atoms with van der Waals surface area (Å²) in [5.74, 6) is 0.546. The largest absolute Gasteiger partial charge is 0.493 e. The Bertz CT molecular complexity index is 445. The summed E-state index contributed by atoms with van der Waals surface area (Å²) in [6.07, 6.45) is 0.545. The first-order valence-corrected chi connectivity index (χ1v) is 6.40. The van der Waals surface area contributed by atoms with E-state index in [0.29, 0.717) is 13.0 Å². The lowest BCUT2D eigenvalue weighted by molar-refractivity contribution is -0.148. The molecule has 0 aliphatic carbocycles. The van der Waals surface area contributed by atoms with Gasteiger partial charge in [-0.2, -0.15) is 0 Å². The van der Waals surface area contributed by atoms with Crippen LogP contribution in [-0.2, 0) is 9.53 Å². The second-order valence-electron chi connectivity index (χ2n) is 4.92. The highest BCUT2D eigenvalue weighted by Crippen LogP contribution is 2.18. The number of hydrogen-bond donors (Lipinski definition) is 1. The molecule has 0 heterocycles. The minimum absolute atomic E-state index is 0.279. The first-order valence-electron chi connectivity index (χ1n) is 6.40. The number of nitrogens with one attached hydrogen (secondary N) is 1. The van der Waals surface area contributed by atoms with Gasteiger partial charge in [-0.15, -0.1) is 0 Å². The Kier molecular flexibility index (Phi) is 5.36. The minimum atomic E-state index is -0.714. The van der Waals surface area contributed by atoms with Gasteiger partial charge in [0.1, 0.15) is 11.3 Å². The Morgan fingerprint density at radius 1 is 1.32 bits per heavy atom. The van der Waals surface area contributed by atoms with Crippen LogP contribution in [0, 0.1) is 13.8 Å². The van der Waals surface area contributed by atoms with Crippen molar-refractivity contribution in [2.75, 3.05) is 20.8 Å². The van der Waals surface area contributed by atoms with E-state index in [-0.39, 0.29) is 5.97 Å². The van der Waals surface area contributed by atoms with Crippen LogP contribution in [0.2, 0.25) is 0 Å². The first kappa shape index (κ1) is 15.5. The predicted octanol–water partition coefficient (Wildman–Crippen LogP) is 2.22. The molecule has 0 spiro atoms. The monoisotopic (exact) mass is 265 g/mol. The number of rotatable bonds is 6. The number of hydrogen-bond acceptors (Lipinski definition) is 4. The van der Waals surface area contributed by atoms with Gasteiger partial charge in [-0.05, 0) is 51.1 Å². The van der Waals surface area contributed by atoms with Crippen LogP contribution in [0.25, 0.3) is 0 Å². The van der Waals surface area contributed by atoms with Crippen LogP contribution in [0.5, 0.6) is 5.75 Å². The van der Waals surface area contributed by atoms with E-state index < -0.39 is 5.54 Å². The van der Waals surface area contributed by atoms with E-state index in [9.17, 15) is 4.79 Å². The van der Waals surface area contributed by atoms with Gasteiger partial charge in [-0.3, -0.25) is 4.79 Å². The standard InChI is InChI=1S/C15H23NO3/c1-11-6-7-13(10-12(11)2)19-9-8-15(3,16-4)14(17)18-5/h6-7,10,16H,8-9H2,1-5H3. The zero-order chi connectivity index (χ0) is 14.5. The Hall–Kier alpha value is -1.55. The lowest BCUT2D eigenvalue weighted by atomic mass is 9.99. The Balaban J connectivity index is 2.57. The molecule has 0 bridgehead atoms. The highest BCUT2D eigenvalue weighted by Gasteiger charge is 2.32. The molecule has 0 saturated heterocycles. The molecule has 1 rings (SSSR count). The fourth-order valence-corrected chi connectivity index (χ4v) is 1.73. The molecule has 0 saturated carbocycles. The van der Waals surface area contributed by atoms with E-state index in [1.165, 1.54) is 18.2 Å². The van der Waals surface area contributed by atoms with Crippen molar-refractivity contribution in [1.29, 1.82) is 0 Å². The Labute approximate surface area is 115 Å². The number of carbonyl (C=O) groups is 1. The lowest BCUT2D eigenvalue weighted by Crippen LogP contribution is -2.49. The van der Waals surface area contributed by atoms with E-state index in [1.54, 1.807) is 7.05 Å². The van der Waals surface area contributed by atoms with Gasteiger partial charge in [-0.25, -0.2) is 0 Å². The molecule has 0 radical (unpaired) electrons. The maximum Gasteiger partial charge on any atom is 0.325 e. The third-order valence-electron chi connectivity index (χ3n) is 3.54. The van der Waals surface area contributed by atoms with Crippen LogP contribution in [0.4, 0.5) is 0 Å². The summed E-state index contributed by atoms with van der Waals surface area (Å²) in [5.41, 5.74) is 1.72. The van der Waals surface area contributed by atoms with E-state index in [2.05, 4.69) is 12.2 Å². The molecule has 4 nitrogen and oxygen atoms in total. The molecule has 1 aromatic carbocycles. The number of ether oxygens (including phenoxy) is 2. The first-order chi connectivity index (χ1) is 8.92. The average Bonchev–Trinajstić information content (AvgIpc) is 2.41. The number of likely N-dealkylation sites (N-methyl/N-ethyl adjacent to an activating group) is 1. The third-order valence-corrected chi connectivity index (χ3v) is 3.54. The van der Waals surface area contributed by atoms with Gasteiger partial charge in [0.15, 0.2) is 0 Å². The van der Waals surface area contributed by atoms with Crippen molar-refractivity contribution >= 4 is 5.97 Å². The molecule has 0 fully saturated rings. The third kappa shape index (κ3) is 3.96. The molecular formula is C15H23NO3. The second kappa shape index (κ2) is 6.57. The summed E-state index contributed by atoms with van der Waals surface area (Å²) < 4.78 is 10.5. The lowest BCUT2D eigenvalue weighted by Gasteiger charge is -2.25. The van der Waals surface area contributed by atoms with Crippen LogP contribution in [0.3, 0.4) is 0 Å². The van der Waals surface area contributed by atoms with Crippen LogP contribution < -0.4 is 10.1 Å². The van der Waals surface area contributed by atoms with Crippen molar-refractivity contribution < 1.29 is 14.3 Å². The smallest absolute Gasteiger partial charge is 0.325 e. The average molecular weight is 265 g/mol. The fourth-order valence-electron chi connectivity index (χ4n) is 1.73. The molecule has 4 heteroatoms. The maximum absolute atomic E-state index is 11.7. The molecule has 106 valence electrons. The Morgan fingerprint density at radius 3 is 2.53 bits per heavy atom. The highest BCUT2D eigenvalue weighted by atomic mass is 16.5. The quantitative estimate of drug-likeness (QED) is 0.801. The molecule has 1 N–H and O–H groups in total. The predicted molar refractivity (Wildman–Crippen MR) is 75.5 cm³/mol. The second-order valence-corrected chi connectivity index (χ2v) is 4.92. The molecule has 1 unspecified atom stereocenters. The van der Waals surface area contributed by atoms with Crippen molar-refractivity contribution in [2.24, 2.45) is 0 Å². The molecule has 1 aromatic rings. The van der Waals surface area contributed by atoms with Gasteiger partial charge in [0.2, 0.25) is 0 Å². The molecule has 0 aliphatic heterocycles. The van der Waals surface area contributed by atoms with Gasteiger partial charge >= 0.3 is 5.97 Å². The van der Waals surface area contributed by atoms with E-state index in [4.69, 9.17) is 9.47 Å². The van der Waals surface area contributed by atoms with Gasteiger partial charge in [-0.1, -0.05) is 6.07 Å². The molecule has 1 atom stereocenters. The summed E-state index contributed by atoms with van der Waals surface area (Å²) in [4.78, 5) is 11.7. The van der Waals surface area contributed by atoms with Gasteiger partial charge in [0.25, 0.3) is 0 Å². The number of esters is 1. The van der Waals surface area contributed by atoms with Crippen molar-refractivity contribution in [3.05, 3.63) is 29.3 Å². The summed E-state index contributed by atoms with van der Waals surface area (Å²) in [7, 11) is 3.13. The van der Waals surface area contributed by atoms with Crippen molar-refractivity contribution in [3.63, 3.8) is 0 Å². The topological polar surface area (TPSA) is 47.6 Å². The molecule has 0 aromatic heterocycles. The number of methoxy groups -OCH3 is 1. The van der Waals surface area contributed by atoms with Gasteiger partial charge < -0.3 is 14.8 Å². The van der Waals surface area contributed by atoms with Crippen LogP contribution in [0.15, 0.2) is 18.2 Å². The maximum atomic E-state index is 11.7. The van der Waals surface area contributed by atoms with E-state index in [0.717, 1.165) is 5.75 Å². The summed E-state index contributed by atoms with van der Waals surface area (Å²) in [5, 5.41) is 2.98. The number of aryl methyl sites for hydroxylation is 2. The van der Waals surface area contributed by atoms with Crippen LogP contribution in [0.1, 0.15) is 24.5 Å². The Morgan fingerprint density at radius 2 is 2.00 bits per heavy atom. The zero-order valence-electron chi connectivity index (χ0n) is 12.4. The van der Waals surface area contributed by atoms with Crippen LogP contribution in [-0.4, -0.2) is 32.3 Å². The molecule has 19 heavy (non-hydrogen) atoms. The van der Waals surface area contributed by atoms with Crippen molar-refractivity contribution in [3.8, 4) is 5.75 Å². The van der Waals surface area contributed by atoms with E-state index in [1.807, 2.05) is 32.0 Å². The van der Waals surface area contributed by atoms with E-state index >= 15 is 0 Å². The molecule has 0 amide bonds. The normalized spacial score (nSPS) is 13.7.